The average molecular weight is 460 g/mol. The number of benzene rings is 1. The number of hydrogen-bond donors (Lipinski definition) is 3. The van der Waals surface area contributed by atoms with Gasteiger partial charge in [-0.05, 0) is 43.4 Å². The molecule has 32 heavy (non-hydrogen) atoms. The van der Waals surface area contributed by atoms with E-state index in [-0.39, 0.29) is 5.82 Å². The van der Waals surface area contributed by atoms with Crippen LogP contribution in [0.3, 0.4) is 0 Å². The van der Waals surface area contributed by atoms with Crippen LogP contribution in [0.4, 0.5) is 26.0 Å². The number of carbonyl (C=O) groups excluding carboxylic acids is 1. The molecule has 3 N–H and O–H groups in total. The van der Waals surface area contributed by atoms with Crippen molar-refractivity contribution in [2.24, 2.45) is 5.92 Å². The number of rotatable bonds is 6. The van der Waals surface area contributed by atoms with E-state index in [0.29, 0.717) is 39.2 Å². The van der Waals surface area contributed by atoms with Crippen molar-refractivity contribution in [3.63, 3.8) is 0 Å². The maximum absolute atomic E-state index is 13.3. The van der Waals surface area contributed by atoms with Gasteiger partial charge in [0.15, 0.2) is 5.65 Å². The van der Waals surface area contributed by atoms with Crippen molar-refractivity contribution in [2.75, 3.05) is 16.9 Å². The Morgan fingerprint density at radius 3 is 2.59 bits per heavy atom. The number of H-pyrrole nitrogens is 1. The predicted molar refractivity (Wildman–Crippen MR) is 119 cm³/mol. The highest BCUT2D eigenvalue weighted by Crippen LogP contribution is 2.49. The number of halogens is 2. The summed E-state index contributed by atoms with van der Waals surface area (Å²) in [6.07, 6.45) is 4.68. The molecule has 10 heteroatoms. The Bertz CT molecular complexity index is 1250. The van der Waals surface area contributed by atoms with Crippen molar-refractivity contribution >= 4 is 45.1 Å². The summed E-state index contributed by atoms with van der Waals surface area (Å²) in [6, 6.07) is 7.50. The van der Waals surface area contributed by atoms with E-state index < -0.39 is 35.0 Å². The van der Waals surface area contributed by atoms with Gasteiger partial charge in [-0.1, -0.05) is 12.5 Å². The van der Waals surface area contributed by atoms with Gasteiger partial charge in [0.2, 0.25) is 5.91 Å². The highest BCUT2D eigenvalue weighted by atomic mass is 32.2. The molecule has 0 spiro atoms. The van der Waals surface area contributed by atoms with E-state index in [9.17, 15) is 17.8 Å². The number of imidazole rings is 1. The Labute approximate surface area is 185 Å². The molecular weight excluding hydrogens is 436 g/mol. The molecule has 5 rings (SSSR count). The van der Waals surface area contributed by atoms with Crippen molar-refractivity contribution in [1.29, 1.82) is 0 Å². The van der Waals surface area contributed by atoms with E-state index in [4.69, 9.17) is 0 Å². The number of amides is 1. The fourth-order valence-electron chi connectivity index (χ4n) is 4.00. The van der Waals surface area contributed by atoms with Crippen molar-refractivity contribution in [1.82, 2.24) is 15.0 Å². The molecule has 2 aromatic heterocycles. The summed E-state index contributed by atoms with van der Waals surface area (Å²) in [5.41, 5.74) is 3.35. The molecule has 168 valence electrons. The topological polar surface area (TPSA) is 99.8 Å². The second-order valence-electron chi connectivity index (χ2n) is 8.55. The monoisotopic (exact) mass is 459 g/mol. The first-order chi connectivity index (χ1) is 15.2. The second kappa shape index (κ2) is 7.61. The van der Waals surface area contributed by atoms with Crippen LogP contribution in [0.15, 0.2) is 29.2 Å². The van der Waals surface area contributed by atoms with Gasteiger partial charge in [0.1, 0.15) is 23.1 Å². The van der Waals surface area contributed by atoms with Crippen LogP contribution < -0.4 is 10.6 Å². The average Bonchev–Trinajstić information content (AvgIpc) is 3.15. The highest BCUT2D eigenvalue weighted by Gasteiger charge is 2.61. The lowest BCUT2D eigenvalue weighted by atomic mass is 9.80. The van der Waals surface area contributed by atoms with Gasteiger partial charge >= 0.3 is 0 Å². The third kappa shape index (κ3) is 3.87. The minimum absolute atomic E-state index is 0.129. The number of anilines is 3. The molecule has 2 heterocycles. The first kappa shape index (κ1) is 21.0. The summed E-state index contributed by atoms with van der Waals surface area (Å²) in [5, 5.41) is 5.76. The predicted octanol–water partition coefficient (Wildman–Crippen LogP) is 4.61. The Balaban J connectivity index is 1.49. The van der Waals surface area contributed by atoms with E-state index in [1.54, 1.807) is 19.2 Å². The molecule has 2 fully saturated rings. The zero-order valence-electron chi connectivity index (χ0n) is 17.7. The van der Waals surface area contributed by atoms with Crippen LogP contribution in [-0.4, -0.2) is 37.2 Å². The van der Waals surface area contributed by atoms with Crippen molar-refractivity contribution in [3.8, 4) is 0 Å². The number of pyridine rings is 1. The van der Waals surface area contributed by atoms with Crippen molar-refractivity contribution in [2.45, 2.75) is 49.3 Å². The summed E-state index contributed by atoms with van der Waals surface area (Å²) >= 11 is 0. The smallest absolute Gasteiger partial charge is 0.260 e. The summed E-state index contributed by atoms with van der Waals surface area (Å²) in [5.74, 6) is -3.79. The summed E-state index contributed by atoms with van der Waals surface area (Å²) in [4.78, 5) is 24.6. The number of nitrogens with one attached hydrogen (secondary N) is 3. The zero-order chi connectivity index (χ0) is 22.6. The molecule has 2 aliphatic rings. The van der Waals surface area contributed by atoms with Gasteiger partial charge in [-0.3, -0.25) is 9.00 Å². The quantitative estimate of drug-likeness (QED) is 0.500. The standard InChI is InChI=1S/C22H23F2N5O2S/c1-11-25-19-16(9-18(28-20(19)26-11)29-21(30)14-10-22(14,23)24)27-15-7-6-13(12-4-3-5-12)8-17(15)32(2)31/h6-9,12,14H,3-5,10H2,1-2H3,(H3,25,26,27,28,29,30)/t14-,32?/m0/s1. The summed E-state index contributed by atoms with van der Waals surface area (Å²) in [6.45, 7) is 1.77. The minimum atomic E-state index is -2.96. The van der Waals surface area contributed by atoms with Crippen LogP contribution >= 0.6 is 0 Å². The largest absolute Gasteiger partial charge is 0.353 e. The van der Waals surface area contributed by atoms with E-state index in [1.807, 2.05) is 18.2 Å². The Kier molecular flexibility index (Phi) is 4.99. The molecule has 2 saturated carbocycles. The van der Waals surface area contributed by atoms with Gasteiger partial charge in [-0.2, -0.15) is 0 Å². The van der Waals surface area contributed by atoms with Gasteiger partial charge in [-0.25, -0.2) is 18.7 Å². The number of aromatic amines is 1. The van der Waals surface area contributed by atoms with E-state index in [2.05, 4.69) is 25.6 Å². The van der Waals surface area contributed by atoms with E-state index in [1.165, 1.54) is 12.0 Å². The summed E-state index contributed by atoms with van der Waals surface area (Å²) in [7, 11) is -1.23. The molecule has 0 saturated heterocycles. The molecule has 1 unspecified atom stereocenters. The molecule has 0 bridgehead atoms. The normalized spacial score (nSPS) is 20.6. The molecule has 1 amide bonds. The van der Waals surface area contributed by atoms with Crippen LogP contribution in [-0.2, 0) is 15.6 Å². The molecule has 1 aromatic carbocycles. The first-order valence-electron chi connectivity index (χ1n) is 10.5. The Hall–Kier alpha value is -2.88. The fourth-order valence-corrected chi connectivity index (χ4v) is 4.73. The minimum Gasteiger partial charge on any atom is -0.353 e. The van der Waals surface area contributed by atoms with Crippen LogP contribution in [0.1, 0.15) is 43.0 Å². The Morgan fingerprint density at radius 1 is 1.22 bits per heavy atom. The number of aromatic nitrogens is 3. The lowest BCUT2D eigenvalue weighted by Crippen LogP contribution is -2.18. The Morgan fingerprint density at radius 2 is 1.97 bits per heavy atom. The van der Waals surface area contributed by atoms with Crippen molar-refractivity contribution in [3.05, 3.63) is 35.7 Å². The first-order valence-corrected chi connectivity index (χ1v) is 12.1. The van der Waals surface area contributed by atoms with Crippen LogP contribution in [0.5, 0.6) is 0 Å². The maximum Gasteiger partial charge on any atom is 0.260 e. The maximum atomic E-state index is 13.3. The third-order valence-electron chi connectivity index (χ3n) is 6.13. The highest BCUT2D eigenvalue weighted by molar-refractivity contribution is 7.84. The third-order valence-corrected chi connectivity index (χ3v) is 7.09. The van der Waals surface area contributed by atoms with Crippen LogP contribution in [0.25, 0.3) is 11.2 Å². The lowest BCUT2D eigenvalue weighted by molar-refractivity contribution is -0.119. The number of aryl methyl sites for hydroxylation is 1. The van der Waals surface area contributed by atoms with Gasteiger partial charge < -0.3 is 15.6 Å². The number of nitrogens with zero attached hydrogens (tertiary/aromatic N) is 2. The lowest BCUT2D eigenvalue weighted by Gasteiger charge is -2.26. The molecule has 0 aliphatic heterocycles. The van der Waals surface area contributed by atoms with Crippen LogP contribution in [0.2, 0.25) is 0 Å². The number of alkyl halides is 2. The molecule has 2 aliphatic carbocycles. The molecule has 3 aromatic rings. The number of fused-ring (bicyclic) bond motifs is 1. The van der Waals surface area contributed by atoms with Gasteiger partial charge in [0.25, 0.3) is 5.92 Å². The zero-order valence-corrected chi connectivity index (χ0v) is 18.5. The molecular formula is C22H23F2N5O2S. The second-order valence-corrected chi connectivity index (χ2v) is 9.89. The van der Waals surface area contributed by atoms with Crippen LogP contribution in [0, 0.1) is 12.8 Å². The van der Waals surface area contributed by atoms with Gasteiger partial charge in [-0.15, -0.1) is 0 Å². The van der Waals surface area contributed by atoms with E-state index in [0.717, 1.165) is 12.8 Å². The van der Waals surface area contributed by atoms with Crippen molar-refractivity contribution < 1.29 is 17.8 Å². The van der Waals surface area contributed by atoms with Gasteiger partial charge in [0.05, 0.1) is 27.1 Å². The molecule has 7 nitrogen and oxygen atoms in total. The fraction of sp³-hybridized carbons (Fsp3) is 0.409. The van der Waals surface area contributed by atoms with E-state index >= 15 is 0 Å². The molecule has 2 atom stereocenters. The number of hydrogen-bond acceptors (Lipinski definition) is 5. The molecule has 0 radical (unpaired) electrons. The summed E-state index contributed by atoms with van der Waals surface area (Å²) < 4.78 is 39.0. The number of carbonyl (C=O) groups is 1. The van der Waals surface area contributed by atoms with Gasteiger partial charge in [0, 0.05) is 18.7 Å². The SMILES string of the molecule is Cc1nc2nc(NC(=O)[C@@H]3CC3(F)F)cc(Nc3ccc(C4CCC4)cc3S(C)=O)c2[nH]1.